The van der Waals surface area contributed by atoms with Crippen LogP contribution >= 0.6 is 56.7 Å². The average molecular weight is 3170 g/mol. The standard InChI is InChI=1S/C17H10NS.C15H10N.C14H10NS.2C13H8NS.C11H8N.C10H6S.4C5H8O2.6Ir.Pt/c1-3-7-14-12(5-1)9-10-15(18-14)17-11-13-6-2-4-8-16(13)19-17;1-2-7-13(8-3-1)15-14-9-5-4-6-12(14)10-11-16-15;1-10-6-7-12(15-9-10)14-8-11-4-2-3-5-13(11)16-14;1-2-7-12-10(5-1)9-13(15-12)11-6-3-4-8-14-11;1-2-6-10(7-3-1)13-14-11-8-4-5-9-12(11)15-13;1-2-6-10(7-3-1)11-8-4-5-9-12-11;1-2-5-9(6-3-1)10-7-4-8-11-10;4*1-4(6)3-5(2)7;;;;;;;/h1-10H;1-7,9-11H;2-7,9H,1H3;1-8H;1-6,8-9H;1-6,8-9H;1-5,8H;4*3,6H,1-2H3;;;;;;;/q6*-1;-2;;;;;;;;;;;+2. The molecule has 0 aliphatic carbocycles. The van der Waals surface area contributed by atoms with Crippen molar-refractivity contribution in [1.82, 2.24) is 29.9 Å². The number of pyridine rings is 5. The van der Waals surface area contributed by atoms with Crippen molar-refractivity contribution >= 4 is 142 Å². The summed E-state index contributed by atoms with van der Waals surface area (Å²) in [6, 6.07) is 131. The van der Waals surface area contributed by atoms with Gasteiger partial charge in [0.05, 0.1) is 34.1 Å². The number of benzene rings is 10. The summed E-state index contributed by atoms with van der Waals surface area (Å²) in [7, 11) is 0. The molecule has 10 aromatic carbocycles. The van der Waals surface area contributed by atoms with Gasteiger partial charge in [-0.2, -0.15) is 40.5 Å². The van der Waals surface area contributed by atoms with Crippen LogP contribution in [0.25, 0.3) is 137 Å². The molecule has 0 bridgehead atoms. The minimum Gasteiger partial charge on any atom is -0.512 e. The third-order valence-electron chi connectivity index (χ3n) is 17.5. The molecule has 0 aliphatic rings. The number of aryl methyl sites for hydroxylation is 1. The van der Waals surface area contributed by atoms with Gasteiger partial charge in [-0.1, -0.05) is 140 Å². The second kappa shape index (κ2) is 66.9. The van der Waals surface area contributed by atoms with E-state index in [0.29, 0.717) is 0 Å². The summed E-state index contributed by atoms with van der Waals surface area (Å²) in [6.07, 6.45) is 12.0. The van der Waals surface area contributed by atoms with Crippen molar-refractivity contribution < 1.29 is 181 Å². The Morgan fingerprint density at radius 1 is 0.302 bits per heavy atom. The van der Waals surface area contributed by atoms with E-state index in [1.807, 2.05) is 243 Å². The molecule has 10 aromatic heterocycles. The van der Waals surface area contributed by atoms with Crippen LogP contribution in [0.4, 0.5) is 0 Å². The van der Waals surface area contributed by atoms with Gasteiger partial charge in [0.2, 0.25) is 0 Å². The number of hydrogen-bond donors (Lipinski definition) is 4. The van der Waals surface area contributed by atoms with Crippen LogP contribution in [0.1, 0.15) is 61.0 Å². The third kappa shape index (κ3) is 43.2. The summed E-state index contributed by atoms with van der Waals surface area (Å²) >= 11 is 8.61. The zero-order chi connectivity index (χ0) is 93.8. The first-order chi connectivity index (χ1) is 64.0. The van der Waals surface area contributed by atoms with E-state index in [0.717, 1.165) is 91.7 Å². The molecule has 10 heterocycles. The summed E-state index contributed by atoms with van der Waals surface area (Å²) in [5, 5.41) is 43.6. The monoisotopic (exact) mass is 3170 g/mol. The summed E-state index contributed by atoms with van der Waals surface area (Å²) in [4.78, 5) is 71.3. The summed E-state index contributed by atoms with van der Waals surface area (Å²) in [6.45, 7) is 13.4. The number of carbonyl (C=O) groups is 4. The van der Waals surface area contributed by atoms with Crippen molar-refractivity contribution in [2.45, 2.75) is 62.3 Å². The van der Waals surface area contributed by atoms with Gasteiger partial charge in [-0.15, -0.1) is 190 Å². The predicted octanol–water partition coefficient (Wildman–Crippen LogP) is 29.9. The predicted molar refractivity (Wildman–Crippen MR) is 548 cm³/mol. The Hall–Kier alpha value is -10.6. The number of hydrogen-bond acceptors (Lipinski definition) is 19. The molecular weight excluding hydrogens is 3080 g/mol. The summed E-state index contributed by atoms with van der Waals surface area (Å²) < 4.78 is 5.01. The minimum atomic E-state index is -0.125. The molecule has 20 rings (SSSR count). The van der Waals surface area contributed by atoms with E-state index in [1.54, 1.807) is 62.9 Å². The number of allylic oxidation sites excluding steroid dienone is 8. The van der Waals surface area contributed by atoms with Crippen molar-refractivity contribution in [2.24, 2.45) is 0 Å². The maximum atomic E-state index is 10.0. The molecule has 20 aromatic rings. The Kier molecular flexibility index (Phi) is 59.0. The molecule has 0 aliphatic heterocycles. The molecular formula is C113H92Ir6N6O8PtS5-6. The van der Waals surface area contributed by atoms with Crippen LogP contribution in [0.15, 0.2) is 393 Å². The molecule has 0 fully saturated rings. The normalized spacial score (nSPS) is 10.2. The summed E-state index contributed by atoms with van der Waals surface area (Å²) in [5.74, 6) is -0.250. The second-order valence-electron chi connectivity index (χ2n) is 28.6. The van der Waals surface area contributed by atoms with Crippen LogP contribution < -0.4 is 0 Å². The van der Waals surface area contributed by atoms with Gasteiger partial charge in [0.15, 0.2) is 23.1 Å². The number of thiazole rings is 1. The fourth-order valence-corrected chi connectivity index (χ4v) is 16.5. The van der Waals surface area contributed by atoms with Crippen molar-refractivity contribution in [3.05, 3.63) is 447 Å². The quantitative estimate of drug-likeness (QED) is 0.0537. The van der Waals surface area contributed by atoms with Crippen LogP contribution in [0.2, 0.25) is 0 Å². The fourth-order valence-electron chi connectivity index (χ4n) is 12.0. The minimum absolute atomic E-state index is 0. The first kappa shape index (κ1) is 123. The smallest absolute Gasteiger partial charge is 0.512 e. The number of aliphatic hydroxyl groups excluding tert-OH is 4. The van der Waals surface area contributed by atoms with Crippen LogP contribution in [-0.4, -0.2) is 73.5 Å². The zero-order valence-electron chi connectivity index (χ0n) is 76.2. The maximum absolute atomic E-state index is 10.0. The average Bonchev–Trinajstić information content (AvgIpc) is 1.77. The molecule has 0 atom stereocenters. The van der Waals surface area contributed by atoms with Gasteiger partial charge in [-0.05, 0) is 161 Å². The van der Waals surface area contributed by atoms with Crippen LogP contribution in [0.3, 0.4) is 0 Å². The maximum Gasteiger partial charge on any atom is 2.00 e. The van der Waals surface area contributed by atoms with Gasteiger partial charge in [-0.25, -0.2) is 51.7 Å². The molecule has 0 unspecified atom stereocenters. The zero-order valence-corrected chi connectivity index (χ0v) is 96.9. The second-order valence-corrected chi connectivity index (χ2v) is 33.8. The first-order valence-electron chi connectivity index (χ1n) is 41.4. The van der Waals surface area contributed by atoms with Crippen LogP contribution in [0, 0.1) is 55.5 Å². The van der Waals surface area contributed by atoms with E-state index >= 15 is 0 Å². The molecule has 4 N–H and O–H groups in total. The molecule has 6 radical (unpaired) electrons. The van der Waals surface area contributed by atoms with E-state index in [-0.39, 0.29) is 188 Å². The van der Waals surface area contributed by atoms with Gasteiger partial charge >= 0.3 is 21.1 Å². The molecule has 26 heteroatoms. The number of nitrogens with zero attached hydrogens (tertiary/aromatic N) is 6. The topological polar surface area (TPSA) is 227 Å². The van der Waals surface area contributed by atoms with E-state index in [9.17, 15) is 19.2 Å². The fraction of sp³-hybridized carbons (Fsp3) is 0.0796. The van der Waals surface area contributed by atoms with Gasteiger partial charge < -0.3 is 40.4 Å². The van der Waals surface area contributed by atoms with Crippen LogP contribution in [0.5, 0.6) is 0 Å². The Balaban J connectivity index is 0.000000398. The van der Waals surface area contributed by atoms with Gasteiger partial charge in [0.25, 0.3) is 0 Å². The Morgan fingerprint density at radius 2 is 0.691 bits per heavy atom. The van der Waals surface area contributed by atoms with E-state index in [1.165, 1.54) is 131 Å². The number of rotatable bonds is 11. The van der Waals surface area contributed by atoms with Crippen molar-refractivity contribution in [3.63, 3.8) is 0 Å². The third-order valence-corrected chi connectivity index (χ3v) is 22.7. The Morgan fingerprint density at radius 3 is 1.10 bits per heavy atom. The Bertz CT molecular complexity index is 6760. The van der Waals surface area contributed by atoms with E-state index in [2.05, 4.69) is 177 Å². The van der Waals surface area contributed by atoms with Crippen molar-refractivity contribution in [1.29, 1.82) is 0 Å². The van der Waals surface area contributed by atoms with Crippen LogP contribution in [-0.2, 0) is 161 Å². The number of carbonyl (C=O) groups excluding carboxylic acids is 4. The Labute approximate surface area is 927 Å². The number of para-hydroxylation sites is 2. The van der Waals surface area contributed by atoms with Gasteiger partial charge in [0, 0.05) is 197 Å². The summed E-state index contributed by atoms with van der Waals surface area (Å²) in [5.41, 5.74) is 12.5. The molecule has 0 spiro atoms. The number of fused-ring (bicyclic) bond motifs is 6. The molecule has 0 saturated carbocycles. The largest absolute Gasteiger partial charge is 2.00 e. The molecule has 0 amide bonds. The van der Waals surface area contributed by atoms with Crippen molar-refractivity contribution in [2.75, 3.05) is 0 Å². The number of thiophene rings is 4. The molecule has 722 valence electrons. The van der Waals surface area contributed by atoms with Crippen molar-refractivity contribution in [3.8, 4) is 75.2 Å². The number of aliphatic hydroxyl groups is 4. The number of aromatic nitrogens is 6. The molecule has 0 saturated heterocycles. The van der Waals surface area contributed by atoms with E-state index < -0.39 is 0 Å². The molecule has 14 nitrogen and oxygen atoms in total. The number of ketones is 4. The SMILES string of the molecule is CC(=O)C=C(C)O.CC(=O)C=C(C)O.CC(=O)C=C(C)O.CC(=O)C=C(C)O.Cc1ccc(-c2[c-]c3ccccc3s2)nc1.[Ir].[Ir].[Ir].[Ir].[Ir].[Ir].[Pt+2].[c-]1c(-c2ccc3ccccc3n2)sc2ccccc12.[c-]1c(-c2ccccn2)sc2ccccc12.[c-]1ccccc1-c1[c-]ccs1.[c-]1ccccc1-c1ccccn1.[c-]1ccccc1-c1nc2ccccc2s1.[c-]1ccccc1-c1nccc2ccccc12. The molecule has 139 heavy (non-hydrogen) atoms. The van der Waals surface area contributed by atoms with Gasteiger partial charge in [-0.3, -0.25) is 40.5 Å². The van der Waals surface area contributed by atoms with E-state index in [4.69, 9.17) is 25.4 Å². The van der Waals surface area contributed by atoms with Gasteiger partial charge in [0.1, 0.15) is 0 Å². The first-order valence-corrected chi connectivity index (χ1v) is 45.5.